The Morgan fingerprint density at radius 2 is 2.11 bits per heavy atom. The highest BCUT2D eigenvalue weighted by molar-refractivity contribution is 9.10. The van der Waals surface area contributed by atoms with Crippen molar-refractivity contribution in [2.75, 3.05) is 19.0 Å². The number of benzene rings is 1. The van der Waals surface area contributed by atoms with Gasteiger partial charge >= 0.3 is 0 Å². The third-order valence-corrected chi connectivity index (χ3v) is 3.38. The van der Waals surface area contributed by atoms with E-state index in [1.165, 1.54) is 11.1 Å². The van der Waals surface area contributed by atoms with Crippen LogP contribution in [-0.4, -0.2) is 18.6 Å². The van der Waals surface area contributed by atoms with Gasteiger partial charge in [-0.25, -0.2) is 4.98 Å². The minimum absolute atomic E-state index is 0.862. The highest BCUT2D eigenvalue weighted by atomic mass is 79.9. The smallest absolute Gasteiger partial charge is 0.125 e. The molecule has 0 aliphatic heterocycles. The second-order valence-electron chi connectivity index (χ2n) is 4.34. The number of pyridine rings is 1. The lowest BCUT2D eigenvalue weighted by atomic mass is 10.1. The first kappa shape index (κ1) is 13.9. The number of nitrogens with zero attached hydrogens (tertiary/aromatic N) is 1. The SMILES string of the molecule is COc1ccc(CCNc2ccc(Br)cn2)cc1C. The summed E-state index contributed by atoms with van der Waals surface area (Å²) in [4.78, 5) is 4.28. The van der Waals surface area contributed by atoms with Crippen LogP contribution in [0.2, 0.25) is 0 Å². The van der Waals surface area contributed by atoms with Crippen LogP contribution in [0.4, 0.5) is 5.82 Å². The van der Waals surface area contributed by atoms with Crippen molar-refractivity contribution in [1.82, 2.24) is 4.98 Å². The van der Waals surface area contributed by atoms with Crippen molar-refractivity contribution in [1.29, 1.82) is 0 Å². The average molecular weight is 321 g/mol. The van der Waals surface area contributed by atoms with Gasteiger partial charge in [-0.15, -0.1) is 0 Å². The summed E-state index contributed by atoms with van der Waals surface area (Å²) in [7, 11) is 1.70. The van der Waals surface area contributed by atoms with E-state index >= 15 is 0 Å². The Labute approximate surface area is 122 Å². The molecule has 1 heterocycles. The van der Waals surface area contributed by atoms with E-state index in [0.717, 1.165) is 29.0 Å². The summed E-state index contributed by atoms with van der Waals surface area (Å²) in [5.74, 6) is 1.83. The summed E-state index contributed by atoms with van der Waals surface area (Å²) in [6, 6.07) is 10.2. The van der Waals surface area contributed by atoms with E-state index in [9.17, 15) is 0 Å². The molecule has 0 fully saturated rings. The van der Waals surface area contributed by atoms with Crippen LogP contribution in [0.15, 0.2) is 41.0 Å². The first-order valence-electron chi connectivity index (χ1n) is 6.18. The molecule has 1 aromatic heterocycles. The quantitative estimate of drug-likeness (QED) is 0.909. The van der Waals surface area contributed by atoms with Crippen LogP contribution in [0.3, 0.4) is 0 Å². The van der Waals surface area contributed by atoms with E-state index < -0.39 is 0 Å². The Morgan fingerprint density at radius 3 is 2.74 bits per heavy atom. The van der Waals surface area contributed by atoms with Gasteiger partial charge in [-0.05, 0) is 58.6 Å². The number of aryl methyl sites for hydroxylation is 1. The van der Waals surface area contributed by atoms with E-state index in [4.69, 9.17) is 4.74 Å². The molecule has 4 heteroatoms. The fourth-order valence-electron chi connectivity index (χ4n) is 1.91. The number of hydrogen-bond donors (Lipinski definition) is 1. The standard InChI is InChI=1S/C15H17BrN2O/c1-11-9-12(3-5-14(11)19-2)7-8-17-15-6-4-13(16)10-18-15/h3-6,9-10H,7-8H2,1-2H3,(H,17,18). The van der Waals surface area contributed by atoms with Gasteiger partial charge in [0.15, 0.2) is 0 Å². The summed E-state index contributed by atoms with van der Waals surface area (Å²) in [6.45, 7) is 2.92. The van der Waals surface area contributed by atoms with Crippen molar-refractivity contribution in [2.45, 2.75) is 13.3 Å². The predicted molar refractivity (Wildman–Crippen MR) is 81.9 cm³/mol. The van der Waals surface area contributed by atoms with Crippen molar-refractivity contribution in [3.63, 3.8) is 0 Å². The second-order valence-corrected chi connectivity index (χ2v) is 5.26. The molecule has 0 atom stereocenters. The normalized spacial score (nSPS) is 10.3. The van der Waals surface area contributed by atoms with Crippen LogP contribution in [-0.2, 0) is 6.42 Å². The molecule has 0 radical (unpaired) electrons. The number of anilines is 1. The molecule has 0 aliphatic carbocycles. The molecule has 0 saturated heterocycles. The molecule has 0 bridgehead atoms. The number of aromatic nitrogens is 1. The third kappa shape index (κ3) is 3.96. The summed E-state index contributed by atoms with van der Waals surface area (Å²) < 4.78 is 6.24. The van der Waals surface area contributed by atoms with E-state index in [2.05, 4.69) is 45.3 Å². The number of methoxy groups -OCH3 is 1. The van der Waals surface area contributed by atoms with Crippen LogP contribution >= 0.6 is 15.9 Å². The van der Waals surface area contributed by atoms with Gasteiger partial charge in [-0.2, -0.15) is 0 Å². The fourth-order valence-corrected chi connectivity index (χ4v) is 2.15. The van der Waals surface area contributed by atoms with Gasteiger partial charge in [0.05, 0.1) is 7.11 Å². The van der Waals surface area contributed by atoms with Crippen molar-refractivity contribution in [3.8, 4) is 5.75 Å². The van der Waals surface area contributed by atoms with Crippen molar-refractivity contribution >= 4 is 21.7 Å². The Hall–Kier alpha value is -1.55. The topological polar surface area (TPSA) is 34.1 Å². The Kier molecular flexibility index (Phi) is 4.80. The summed E-state index contributed by atoms with van der Waals surface area (Å²) in [5, 5.41) is 3.31. The van der Waals surface area contributed by atoms with Gasteiger partial charge in [0, 0.05) is 17.2 Å². The van der Waals surface area contributed by atoms with Crippen LogP contribution in [0.25, 0.3) is 0 Å². The van der Waals surface area contributed by atoms with E-state index in [1.54, 1.807) is 13.3 Å². The molecule has 100 valence electrons. The predicted octanol–water partition coefficient (Wildman–Crippen LogP) is 3.82. The van der Waals surface area contributed by atoms with Crippen LogP contribution < -0.4 is 10.1 Å². The molecule has 0 aliphatic rings. The zero-order valence-electron chi connectivity index (χ0n) is 11.1. The van der Waals surface area contributed by atoms with Gasteiger partial charge in [0.1, 0.15) is 11.6 Å². The molecular formula is C15H17BrN2O. The third-order valence-electron chi connectivity index (χ3n) is 2.91. The van der Waals surface area contributed by atoms with E-state index in [1.807, 2.05) is 18.2 Å². The van der Waals surface area contributed by atoms with E-state index in [-0.39, 0.29) is 0 Å². The molecule has 2 aromatic rings. The minimum atomic E-state index is 0.862. The minimum Gasteiger partial charge on any atom is -0.496 e. The van der Waals surface area contributed by atoms with Gasteiger partial charge in [0.2, 0.25) is 0 Å². The Bertz CT molecular complexity index is 540. The van der Waals surface area contributed by atoms with Gasteiger partial charge in [-0.1, -0.05) is 12.1 Å². The number of nitrogens with one attached hydrogen (secondary N) is 1. The van der Waals surface area contributed by atoms with Crippen LogP contribution in [0.1, 0.15) is 11.1 Å². The zero-order valence-corrected chi connectivity index (χ0v) is 12.7. The van der Waals surface area contributed by atoms with Crippen molar-refractivity contribution in [3.05, 3.63) is 52.1 Å². The summed E-state index contributed by atoms with van der Waals surface area (Å²) in [6.07, 6.45) is 2.75. The summed E-state index contributed by atoms with van der Waals surface area (Å²) in [5.41, 5.74) is 2.46. The maximum absolute atomic E-state index is 5.25. The molecule has 2 rings (SSSR count). The lowest BCUT2D eigenvalue weighted by Gasteiger charge is -2.08. The lowest BCUT2D eigenvalue weighted by Crippen LogP contribution is -2.06. The van der Waals surface area contributed by atoms with E-state index in [0.29, 0.717) is 0 Å². The van der Waals surface area contributed by atoms with Crippen molar-refractivity contribution < 1.29 is 4.74 Å². The molecular weight excluding hydrogens is 304 g/mol. The highest BCUT2D eigenvalue weighted by Gasteiger charge is 2.00. The number of rotatable bonds is 5. The van der Waals surface area contributed by atoms with Crippen molar-refractivity contribution in [2.24, 2.45) is 0 Å². The molecule has 0 saturated carbocycles. The molecule has 0 amide bonds. The Balaban J connectivity index is 1.88. The number of ether oxygens (including phenoxy) is 1. The first-order valence-corrected chi connectivity index (χ1v) is 6.97. The maximum atomic E-state index is 5.25. The first-order chi connectivity index (χ1) is 9.19. The second kappa shape index (κ2) is 6.57. The molecule has 3 nitrogen and oxygen atoms in total. The average Bonchev–Trinajstić information content (AvgIpc) is 2.41. The molecule has 1 N–H and O–H groups in total. The van der Waals surface area contributed by atoms with Gasteiger partial charge in [0.25, 0.3) is 0 Å². The number of halogens is 1. The molecule has 19 heavy (non-hydrogen) atoms. The number of hydrogen-bond acceptors (Lipinski definition) is 3. The van der Waals surface area contributed by atoms with Gasteiger partial charge in [-0.3, -0.25) is 0 Å². The highest BCUT2D eigenvalue weighted by Crippen LogP contribution is 2.18. The maximum Gasteiger partial charge on any atom is 0.125 e. The largest absolute Gasteiger partial charge is 0.496 e. The Morgan fingerprint density at radius 1 is 1.26 bits per heavy atom. The monoisotopic (exact) mass is 320 g/mol. The van der Waals surface area contributed by atoms with Crippen LogP contribution in [0, 0.1) is 6.92 Å². The van der Waals surface area contributed by atoms with Gasteiger partial charge < -0.3 is 10.1 Å². The molecule has 0 unspecified atom stereocenters. The lowest BCUT2D eigenvalue weighted by molar-refractivity contribution is 0.411. The van der Waals surface area contributed by atoms with Crippen LogP contribution in [0.5, 0.6) is 5.75 Å². The zero-order chi connectivity index (χ0) is 13.7. The molecule has 1 aromatic carbocycles. The fraction of sp³-hybridized carbons (Fsp3) is 0.267. The summed E-state index contributed by atoms with van der Waals surface area (Å²) >= 11 is 3.37. The molecule has 0 spiro atoms.